The predicted molar refractivity (Wildman–Crippen MR) is 94.8 cm³/mol. The van der Waals surface area contributed by atoms with Crippen LogP contribution in [0.2, 0.25) is 0 Å². The maximum atomic E-state index is 14.4. The number of carbonyl (C=O) groups excluding carboxylic acids is 2. The van der Waals surface area contributed by atoms with Gasteiger partial charge < -0.3 is 15.0 Å². The van der Waals surface area contributed by atoms with Gasteiger partial charge in [-0.2, -0.15) is 0 Å². The molecule has 0 radical (unpaired) electrons. The Kier molecular flexibility index (Phi) is 4.09. The van der Waals surface area contributed by atoms with Crippen molar-refractivity contribution in [3.8, 4) is 5.75 Å². The second-order valence-corrected chi connectivity index (χ2v) is 6.82. The Bertz CT molecular complexity index is 937. The SMILES string of the molecule is COc1c(F)ccc(C(=O)N2CCC3(CC2)C(=O)Nc2ccccc23)c1F. The number of likely N-dealkylation sites (tertiary alicyclic amines) is 1. The summed E-state index contributed by atoms with van der Waals surface area (Å²) in [6, 6.07) is 9.67. The third-order valence-electron chi connectivity index (χ3n) is 5.51. The minimum atomic E-state index is -1.01. The van der Waals surface area contributed by atoms with Gasteiger partial charge in [0, 0.05) is 18.8 Å². The van der Waals surface area contributed by atoms with E-state index in [9.17, 15) is 18.4 Å². The molecule has 4 rings (SSSR count). The lowest BCUT2D eigenvalue weighted by Gasteiger charge is -2.38. The van der Waals surface area contributed by atoms with E-state index < -0.39 is 28.7 Å². The fourth-order valence-corrected chi connectivity index (χ4v) is 4.02. The van der Waals surface area contributed by atoms with Crippen molar-refractivity contribution in [2.45, 2.75) is 18.3 Å². The molecule has 2 aliphatic rings. The molecular formula is C20H18F2N2O3. The molecule has 2 heterocycles. The van der Waals surface area contributed by atoms with Gasteiger partial charge in [-0.1, -0.05) is 18.2 Å². The normalized spacial score (nSPS) is 17.6. The second-order valence-electron chi connectivity index (χ2n) is 6.82. The van der Waals surface area contributed by atoms with Gasteiger partial charge >= 0.3 is 0 Å². The topological polar surface area (TPSA) is 58.6 Å². The molecule has 0 aromatic heterocycles. The van der Waals surface area contributed by atoms with Crippen LogP contribution >= 0.6 is 0 Å². The summed E-state index contributed by atoms with van der Waals surface area (Å²) in [7, 11) is 1.15. The smallest absolute Gasteiger partial charge is 0.256 e. The fraction of sp³-hybridized carbons (Fsp3) is 0.300. The quantitative estimate of drug-likeness (QED) is 0.881. The highest BCUT2D eigenvalue weighted by Crippen LogP contribution is 2.45. The second kappa shape index (κ2) is 6.33. The van der Waals surface area contributed by atoms with Gasteiger partial charge in [-0.25, -0.2) is 8.78 Å². The predicted octanol–water partition coefficient (Wildman–Crippen LogP) is 3.10. The molecule has 2 amide bonds. The Morgan fingerprint density at radius 1 is 1.15 bits per heavy atom. The van der Waals surface area contributed by atoms with Crippen molar-refractivity contribution in [3.05, 3.63) is 59.2 Å². The molecule has 0 atom stereocenters. The van der Waals surface area contributed by atoms with Crippen LogP contribution in [-0.2, 0) is 10.2 Å². The van der Waals surface area contributed by atoms with Gasteiger partial charge in [0.15, 0.2) is 17.4 Å². The van der Waals surface area contributed by atoms with Crippen molar-refractivity contribution in [3.63, 3.8) is 0 Å². The van der Waals surface area contributed by atoms with Gasteiger partial charge in [-0.15, -0.1) is 0 Å². The number of nitrogens with zero attached hydrogens (tertiary/aromatic N) is 1. The third kappa shape index (κ3) is 2.57. The molecule has 1 saturated heterocycles. The van der Waals surface area contributed by atoms with Gasteiger partial charge in [0.2, 0.25) is 5.91 Å². The van der Waals surface area contributed by atoms with E-state index in [2.05, 4.69) is 5.32 Å². The van der Waals surface area contributed by atoms with Crippen LogP contribution in [0.15, 0.2) is 36.4 Å². The van der Waals surface area contributed by atoms with Crippen molar-refractivity contribution in [2.75, 3.05) is 25.5 Å². The Morgan fingerprint density at radius 3 is 2.56 bits per heavy atom. The van der Waals surface area contributed by atoms with Crippen molar-refractivity contribution < 1.29 is 23.1 Å². The molecule has 1 N–H and O–H groups in total. The first kappa shape index (κ1) is 17.5. The number of ether oxygens (including phenoxy) is 1. The number of methoxy groups -OCH3 is 1. The Labute approximate surface area is 154 Å². The zero-order valence-electron chi connectivity index (χ0n) is 14.7. The van der Waals surface area contributed by atoms with Crippen LogP contribution < -0.4 is 10.1 Å². The number of para-hydroxylation sites is 1. The standard InChI is InChI=1S/C20H18F2N2O3/c1-27-17-14(21)7-6-12(16(17)22)18(25)24-10-8-20(9-11-24)13-4-2-3-5-15(13)23-19(20)26/h2-7H,8-11H2,1H3,(H,23,26). The molecule has 0 bridgehead atoms. The molecule has 1 spiro atoms. The van der Waals surface area contributed by atoms with Crippen LogP contribution in [0.25, 0.3) is 0 Å². The van der Waals surface area contributed by atoms with E-state index in [0.717, 1.165) is 30.5 Å². The van der Waals surface area contributed by atoms with Crippen LogP contribution in [0, 0.1) is 11.6 Å². The minimum Gasteiger partial charge on any atom is -0.491 e. The highest BCUT2D eigenvalue weighted by Gasteiger charge is 2.48. The van der Waals surface area contributed by atoms with Crippen LogP contribution in [-0.4, -0.2) is 36.9 Å². The first-order valence-electron chi connectivity index (χ1n) is 8.70. The number of benzene rings is 2. The summed E-state index contributed by atoms with van der Waals surface area (Å²) < 4.78 is 32.7. The first-order chi connectivity index (χ1) is 13.0. The van der Waals surface area contributed by atoms with E-state index in [-0.39, 0.29) is 11.5 Å². The van der Waals surface area contributed by atoms with E-state index in [1.165, 1.54) is 4.90 Å². The summed E-state index contributed by atoms with van der Waals surface area (Å²) >= 11 is 0. The number of anilines is 1. The number of hydrogen-bond acceptors (Lipinski definition) is 3. The van der Waals surface area contributed by atoms with Crippen LogP contribution in [0.3, 0.4) is 0 Å². The van der Waals surface area contributed by atoms with E-state index in [4.69, 9.17) is 4.74 Å². The molecule has 7 heteroatoms. The number of halogens is 2. The molecule has 2 aromatic rings. The average molecular weight is 372 g/mol. The average Bonchev–Trinajstić information content (AvgIpc) is 2.94. The van der Waals surface area contributed by atoms with Gasteiger partial charge in [0.25, 0.3) is 5.91 Å². The van der Waals surface area contributed by atoms with Crippen LogP contribution in [0.4, 0.5) is 14.5 Å². The van der Waals surface area contributed by atoms with E-state index in [1.54, 1.807) is 0 Å². The van der Waals surface area contributed by atoms with Gasteiger partial charge in [-0.3, -0.25) is 9.59 Å². The molecule has 2 aromatic carbocycles. The molecule has 0 unspecified atom stereocenters. The molecule has 0 saturated carbocycles. The molecule has 5 nitrogen and oxygen atoms in total. The number of piperidine rings is 1. The number of fused-ring (bicyclic) bond motifs is 2. The highest BCUT2D eigenvalue weighted by molar-refractivity contribution is 6.06. The van der Waals surface area contributed by atoms with Crippen LogP contribution in [0.5, 0.6) is 5.75 Å². The number of rotatable bonds is 2. The van der Waals surface area contributed by atoms with Crippen LogP contribution in [0.1, 0.15) is 28.8 Å². The van der Waals surface area contributed by atoms with Crippen molar-refractivity contribution in [1.29, 1.82) is 0 Å². The number of amides is 2. The molecule has 27 heavy (non-hydrogen) atoms. The van der Waals surface area contributed by atoms with E-state index in [0.29, 0.717) is 25.9 Å². The molecule has 1 fully saturated rings. The van der Waals surface area contributed by atoms with Gasteiger partial charge in [-0.05, 0) is 36.6 Å². The summed E-state index contributed by atoms with van der Waals surface area (Å²) in [4.78, 5) is 26.8. The molecule has 0 aliphatic carbocycles. The summed E-state index contributed by atoms with van der Waals surface area (Å²) in [5, 5.41) is 2.90. The van der Waals surface area contributed by atoms with Gasteiger partial charge in [0.05, 0.1) is 18.1 Å². The monoisotopic (exact) mass is 372 g/mol. The number of nitrogens with one attached hydrogen (secondary N) is 1. The number of hydrogen-bond donors (Lipinski definition) is 1. The van der Waals surface area contributed by atoms with Crippen molar-refractivity contribution in [2.24, 2.45) is 0 Å². The lowest BCUT2D eigenvalue weighted by atomic mass is 9.73. The third-order valence-corrected chi connectivity index (χ3v) is 5.51. The lowest BCUT2D eigenvalue weighted by molar-refractivity contribution is -0.122. The largest absolute Gasteiger partial charge is 0.491 e. The minimum absolute atomic E-state index is 0.0644. The zero-order valence-corrected chi connectivity index (χ0v) is 14.7. The van der Waals surface area contributed by atoms with Gasteiger partial charge in [0.1, 0.15) is 0 Å². The van der Waals surface area contributed by atoms with E-state index in [1.807, 2.05) is 24.3 Å². The lowest BCUT2D eigenvalue weighted by Crippen LogP contribution is -2.48. The number of carbonyl (C=O) groups is 2. The maximum absolute atomic E-state index is 14.4. The van der Waals surface area contributed by atoms with E-state index >= 15 is 0 Å². The Balaban J connectivity index is 1.57. The highest BCUT2D eigenvalue weighted by atomic mass is 19.1. The Morgan fingerprint density at radius 2 is 1.85 bits per heavy atom. The molecule has 2 aliphatic heterocycles. The zero-order chi connectivity index (χ0) is 19.2. The van der Waals surface area contributed by atoms with Crippen molar-refractivity contribution in [1.82, 2.24) is 4.90 Å². The first-order valence-corrected chi connectivity index (χ1v) is 8.70. The summed E-state index contributed by atoms with van der Waals surface area (Å²) in [5.41, 5.74) is 0.848. The van der Waals surface area contributed by atoms with Crippen molar-refractivity contribution >= 4 is 17.5 Å². The molecular weight excluding hydrogens is 354 g/mol. The summed E-state index contributed by atoms with van der Waals surface area (Å²) in [6.45, 7) is 0.611. The Hall–Kier alpha value is -2.96. The summed E-state index contributed by atoms with van der Waals surface area (Å²) in [5.74, 6) is -3.04. The molecule has 140 valence electrons. The fourth-order valence-electron chi connectivity index (χ4n) is 4.02. The summed E-state index contributed by atoms with van der Waals surface area (Å²) in [6.07, 6.45) is 0.892. The maximum Gasteiger partial charge on any atom is 0.256 e.